The Labute approximate surface area is 133 Å². The predicted octanol–water partition coefficient (Wildman–Crippen LogP) is 2.21. The molecular formula is C16H31NO5. The van der Waals surface area contributed by atoms with Crippen molar-refractivity contribution in [3.8, 4) is 0 Å². The quantitative estimate of drug-likeness (QED) is 0.637. The van der Waals surface area contributed by atoms with Gasteiger partial charge in [0.2, 0.25) is 6.41 Å². The summed E-state index contributed by atoms with van der Waals surface area (Å²) >= 11 is 0. The molecule has 1 amide bonds. The standard InChI is InChI=1S/C8H13NO3.C8H18O2/c10-5-9-7-4-2-1-3-6(7)8(11)12;1-4-5-6-8(10-3)7-9-2/h5-7H,1-4H2,(H,9,10)(H,11,12);8H,4-7H2,1-3H3. The number of rotatable bonds is 9. The molecule has 1 aliphatic rings. The maximum Gasteiger partial charge on any atom is 0.308 e. The van der Waals surface area contributed by atoms with E-state index in [1.54, 1.807) is 14.2 Å². The first-order valence-corrected chi connectivity index (χ1v) is 8.04. The molecule has 3 unspecified atom stereocenters. The van der Waals surface area contributed by atoms with Crippen molar-refractivity contribution in [1.82, 2.24) is 5.32 Å². The minimum atomic E-state index is -0.797. The van der Waals surface area contributed by atoms with Gasteiger partial charge in [0, 0.05) is 20.3 Å². The predicted molar refractivity (Wildman–Crippen MR) is 84.8 cm³/mol. The van der Waals surface area contributed by atoms with E-state index in [0.29, 0.717) is 18.9 Å². The Kier molecular flexibility index (Phi) is 12.8. The van der Waals surface area contributed by atoms with Crippen LogP contribution in [0.2, 0.25) is 0 Å². The molecule has 2 N–H and O–H groups in total. The Bertz CT molecular complexity index is 298. The average Bonchev–Trinajstić information content (AvgIpc) is 2.52. The highest BCUT2D eigenvalue weighted by Gasteiger charge is 2.30. The van der Waals surface area contributed by atoms with Gasteiger partial charge in [-0.25, -0.2) is 0 Å². The maximum absolute atomic E-state index is 10.7. The lowest BCUT2D eigenvalue weighted by Gasteiger charge is -2.27. The first kappa shape index (κ1) is 20.9. The van der Waals surface area contributed by atoms with E-state index in [1.165, 1.54) is 12.8 Å². The number of methoxy groups -OCH3 is 2. The van der Waals surface area contributed by atoms with Crippen LogP contribution in [0.1, 0.15) is 51.9 Å². The topological polar surface area (TPSA) is 84.9 Å². The molecule has 130 valence electrons. The molecule has 0 aliphatic heterocycles. The monoisotopic (exact) mass is 317 g/mol. The van der Waals surface area contributed by atoms with Gasteiger partial charge in [-0.2, -0.15) is 0 Å². The van der Waals surface area contributed by atoms with Gasteiger partial charge in [-0.3, -0.25) is 9.59 Å². The summed E-state index contributed by atoms with van der Waals surface area (Å²) in [6, 6.07) is -0.159. The highest BCUT2D eigenvalue weighted by molar-refractivity contribution is 5.71. The molecule has 0 radical (unpaired) electrons. The molecular weight excluding hydrogens is 286 g/mol. The fraction of sp³-hybridized carbons (Fsp3) is 0.875. The van der Waals surface area contributed by atoms with E-state index < -0.39 is 5.97 Å². The number of hydrogen-bond donors (Lipinski definition) is 2. The Morgan fingerprint density at radius 1 is 1.36 bits per heavy atom. The van der Waals surface area contributed by atoms with Gasteiger partial charge in [-0.1, -0.05) is 32.6 Å². The van der Waals surface area contributed by atoms with Crippen molar-refractivity contribution in [2.24, 2.45) is 5.92 Å². The molecule has 6 nitrogen and oxygen atoms in total. The third-order valence-electron chi connectivity index (χ3n) is 3.93. The van der Waals surface area contributed by atoms with Crippen LogP contribution in [0.15, 0.2) is 0 Å². The zero-order valence-corrected chi connectivity index (χ0v) is 14.0. The van der Waals surface area contributed by atoms with E-state index in [4.69, 9.17) is 14.6 Å². The Balaban J connectivity index is 0.000000409. The number of aliphatic carboxylic acids is 1. The van der Waals surface area contributed by atoms with Crippen LogP contribution in [0, 0.1) is 5.92 Å². The summed E-state index contributed by atoms with van der Waals surface area (Å²) in [6.45, 7) is 2.90. The fourth-order valence-corrected chi connectivity index (χ4v) is 2.60. The van der Waals surface area contributed by atoms with Crippen LogP contribution in [-0.4, -0.2) is 50.5 Å². The van der Waals surface area contributed by atoms with Crippen molar-refractivity contribution in [2.45, 2.75) is 64.0 Å². The molecule has 1 fully saturated rings. The third kappa shape index (κ3) is 9.00. The Morgan fingerprint density at radius 2 is 2.05 bits per heavy atom. The number of amides is 1. The smallest absolute Gasteiger partial charge is 0.308 e. The second-order valence-corrected chi connectivity index (χ2v) is 5.58. The van der Waals surface area contributed by atoms with Crippen molar-refractivity contribution in [3.63, 3.8) is 0 Å². The number of ether oxygens (including phenoxy) is 2. The van der Waals surface area contributed by atoms with Gasteiger partial charge in [0.1, 0.15) is 0 Å². The lowest BCUT2D eigenvalue weighted by molar-refractivity contribution is -0.143. The summed E-state index contributed by atoms with van der Waals surface area (Å²) in [7, 11) is 3.44. The average molecular weight is 317 g/mol. The molecule has 1 saturated carbocycles. The summed E-state index contributed by atoms with van der Waals surface area (Å²) in [5, 5.41) is 11.3. The number of nitrogens with one attached hydrogen (secondary N) is 1. The lowest BCUT2D eigenvalue weighted by atomic mass is 9.85. The van der Waals surface area contributed by atoms with Crippen molar-refractivity contribution >= 4 is 12.4 Å². The van der Waals surface area contributed by atoms with Gasteiger partial charge in [0.25, 0.3) is 0 Å². The SMILES string of the molecule is CCCCC(COC)OC.O=CNC1CCCCC1C(=O)O. The number of carboxylic acids is 1. The van der Waals surface area contributed by atoms with Gasteiger partial charge in [-0.15, -0.1) is 0 Å². The van der Waals surface area contributed by atoms with Crippen LogP contribution in [0.3, 0.4) is 0 Å². The first-order valence-electron chi connectivity index (χ1n) is 8.04. The number of hydrogen-bond acceptors (Lipinski definition) is 4. The molecule has 3 atom stereocenters. The fourth-order valence-electron chi connectivity index (χ4n) is 2.60. The molecule has 22 heavy (non-hydrogen) atoms. The van der Waals surface area contributed by atoms with E-state index in [0.717, 1.165) is 32.3 Å². The molecule has 1 rings (SSSR count). The van der Waals surface area contributed by atoms with Crippen molar-refractivity contribution < 1.29 is 24.2 Å². The Hall–Kier alpha value is -1.14. The largest absolute Gasteiger partial charge is 0.481 e. The van der Waals surface area contributed by atoms with Crippen molar-refractivity contribution in [1.29, 1.82) is 0 Å². The minimum absolute atomic E-state index is 0.159. The van der Waals surface area contributed by atoms with Gasteiger partial charge >= 0.3 is 5.97 Å². The summed E-state index contributed by atoms with van der Waals surface area (Å²) in [6.07, 6.45) is 7.88. The van der Waals surface area contributed by atoms with E-state index in [2.05, 4.69) is 12.2 Å². The molecule has 0 aromatic heterocycles. The van der Waals surface area contributed by atoms with E-state index in [9.17, 15) is 9.59 Å². The number of carbonyl (C=O) groups is 2. The van der Waals surface area contributed by atoms with Crippen molar-refractivity contribution in [2.75, 3.05) is 20.8 Å². The molecule has 0 aromatic rings. The molecule has 0 spiro atoms. The van der Waals surface area contributed by atoms with Gasteiger partial charge < -0.3 is 19.9 Å². The van der Waals surface area contributed by atoms with Gasteiger partial charge in [-0.05, 0) is 19.3 Å². The zero-order valence-electron chi connectivity index (χ0n) is 14.0. The van der Waals surface area contributed by atoms with Crippen LogP contribution in [-0.2, 0) is 19.1 Å². The molecule has 0 heterocycles. The summed E-state index contributed by atoms with van der Waals surface area (Å²) in [4.78, 5) is 20.8. The van der Waals surface area contributed by atoms with E-state index >= 15 is 0 Å². The third-order valence-corrected chi connectivity index (χ3v) is 3.93. The summed E-state index contributed by atoms with van der Waals surface area (Å²) < 4.78 is 10.1. The number of carbonyl (C=O) groups excluding carboxylic acids is 1. The Morgan fingerprint density at radius 3 is 2.55 bits per heavy atom. The van der Waals surface area contributed by atoms with E-state index in [-0.39, 0.29) is 12.0 Å². The number of carboxylic acid groups (broad SMARTS) is 1. The summed E-state index contributed by atoms with van der Waals surface area (Å²) in [5.74, 6) is -1.18. The second-order valence-electron chi connectivity index (χ2n) is 5.58. The highest BCUT2D eigenvalue weighted by Crippen LogP contribution is 2.24. The lowest BCUT2D eigenvalue weighted by Crippen LogP contribution is -2.41. The second kappa shape index (κ2) is 13.5. The molecule has 0 saturated heterocycles. The molecule has 0 aromatic carbocycles. The van der Waals surface area contributed by atoms with Crippen LogP contribution < -0.4 is 5.32 Å². The van der Waals surface area contributed by atoms with Gasteiger partial charge in [0.15, 0.2) is 0 Å². The normalized spacial score (nSPS) is 22.1. The van der Waals surface area contributed by atoms with Crippen LogP contribution >= 0.6 is 0 Å². The molecule has 1 aliphatic carbocycles. The summed E-state index contributed by atoms with van der Waals surface area (Å²) in [5.41, 5.74) is 0. The number of unbranched alkanes of at least 4 members (excludes halogenated alkanes) is 1. The maximum atomic E-state index is 10.7. The van der Waals surface area contributed by atoms with Crippen molar-refractivity contribution in [3.05, 3.63) is 0 Å². The van der Waals surface area contributed by atoms with Crippen LogP contribution in [0.25, 0.3) is 0 Å². The minimum Gasteiger partial charge on any atom is -0.481 e. The highest BCUT2D eigenvalue weighted by atomic mass is 16.5. The molecule has 6 heteroatoms. The van der Waals surface area contributed by atoms with Crippen LogP contribution in [0.4, 0.5) is 0 Å². The zero-order chi connectivity index (χ0) is 16.8. The van der Waals surface area contributed by atoms with Crippen LogP contribution in [0.5, 0.6) is 0 Å². The van der Waals surface area contributed by atoms with Gasteiger partial charge in [0.05, 0.1) is 18.6 Å². The first-order chi connectivity index (χ1) is 10.6. The van der Waals surface area contributed by atoms with E-state index in [1.807, 2.05) is 0 Å². The molecule has 0 bridgehead atoms.